The molecule has 0 aliphatic rings. The number of anilines is 1. The summed E-state index contributed by atoms with van der Waals surface area (Å²) in [7, 11) is 0. The van der Waals surface area contributed by atoms with Crippen molar-refractivity contribution in [1.29, 1.82) is 0 Å². The molecule has 0 amide bonds. The van der Waals surface area contributed by atoms with Crippen molar-refractivity contribution in [3.05, 3.63) is 48.2 Å². The molecular weight excluding hydrogens is 198 g/mol. The molecule has 0 bridgehead atoms. The summed E-state index contributed by atoms with van der Waals surface area (Å²) < 4.78 is 1.73. The quantitative estimate of drug-likeness (QED) is 0.833. The Bertz CT molecular complexity index is 521. The van der Waals surface area contributed by atoms with E-state index in [-0.39, 0.29) is 0 Å². The van der Waals surface area contributed by atoms with Crippen LogP contribution in [0.1, 0.15) is 18.2 Å². The second kappa shape index (κ2) is 3.85. The highest BCUT2D eigenvalue weighted by molar-refractivity contribution is 5.62. The minimum atomic E-state index is 0.653. The number of nitrogen functional groups attached to an aromatic ring is 1. The number of benzene rings is 1. The first kappa shape index (κ1) is 10.5. The van der Waals surface area contributed by atoms with Gasteiger partial charge >= 0.3 is 0 Å². The van der Waals surface area contributed by atoms with Crippen LogP contribution in [0.4, 0.5) is 5.82 Å². The fourth-order valence-electron chi connectivity index (χ4n) is 1.61. The van der Waals surface area contributed by atoms with Gasteiger partial charge in [0.2, 0.25) is 0 Å². The molecule has 0 unspecified atom stereocenters. The summed E-state index contributed by atoms with van der Waals surface area (Å²) in [6.45, 7) is 7.82. The molecule has 0 aliphatic carbocycles. The summed E-state index contributed by atoms with van der Waals surface area (Å²) in [5.74, 6) is 0.653. The second-order valence-corrected chi connectivity index (χ2v) is 3.95. The Morgan fingerprint density at radius 1 is 1.31 bits per heavy atom. The lowest BCUT2D eigenvalue weighted by atomic mass is 10.1. The Hall–Kier alpha value is -2.03. The van der Waals surface area contributed by atoms with Crippen molar-refractivity contribution in [1.82, 2.24) is 9.78 Å². The van der Waals surface area contributed by atoms with Crippen LogP contribution in [0.15, 0.2) is 36.9 Å². The predicted octanol–water partition coefficient (Wildman–Crippen LogP) is 2.80. The number of rotatable bonds is 2. The normalized spacial score (nSPS) is 10.4. The fraction of sp³-hybridized carbons (Fsp3) is 0.154. The molecule has 1 aromatic carbocycles. The van der Waals surface area contributed by atoms with Crippen LogP contribution in [0.3, 0.4) is 0 Å². The molecule has 2 aromatic rings. The van der Waals surface area contributed by atoms with Gasteiger partial charge in [-0.15, -0.1) is 0 Å². The van der Waals surface area contributed by atoms with Gasteiger partial charge in [0.1, 0.15) is 5.82 Å². The first-order valence-corrected chi connectivity index (χ1v) is 5.16. The standard InChI is InChI=1S/C13H15N3/c1-9(2)11-4-6-12(7-5-11)16-13(14)8-10(3)15-16/h4-8H,1,14H2,2-3H3. The third kappa shape index (κ3) is 1.84. The lowest BCUT2D eigenvalue weighted by Crippen LogP contribution is -2.01. The molecule has 0 fully saturated rings. The van der Waals surface area contributed by atoms with E-state index in [9.17, 15) is 0 Å². The number of hydrogen-bond donors (Lipinski definition) is 1. The summed E-state index contributed by atoms with van der Waals surface area (Å²) in [6, 6.07) is 9.88. The average Bonchev–Trinajstić information content (AvgIpc) is 2.58. The van der Waals surface area contributed by atoms with Crippen LogP contribution >= 0.6 is 0 Å². The summed E-state index contributed by atoms with van der Waals surface area (Å²) in [5.41, 5.74) is 9.92. The minimum Gasteiger partial charge on any atom is -0.384 e. The second-order valence-electron chi connectivity index (χ2n) is 3.95. The van der Waals surface area contributed by atoms with E-state index in [1.807, 2.05) is 44.2 Å². The molecule has 82 valence electrons. The molecule has 2 N–H and O–H groups in total. The third-order valence-corrected chi connectivity index (χ3v) is 2.46. The van der Waals surface area contributed by atoms with Gasteiger partial charge in [-0.25, -0.2) is 4.68 Å². The number of hydrogen-bond acceptors (Lipinski definition) is 2. The van der Waals surface area contributed by atoms with E-state index < -0.39 is 0 Å². The predicted molar refractivity (Wildman–Crippen MR) is 67.4 cm³/mol. The molecule has 0 aliphatic heterocycles. The number of allylic oxidation sites excluding steroid dienone is 1. The molecule has 0 spiro atoms. The van der Waals surface area contributed by atoms with Crippen LogP contribution in [0, 0.1) is 6.92 Å². The van der Waals surface area contributed by atoms with E-state index in [2.05, 4.69) is 11.7 Å². The Kier molecular flexibility index (Phi) is 2.52. The minimum absolute atomic E-state index is 0.653. The Labute approximate surface area is 95.2 Å². The summed E-state index contributed by atoms with van der Waals surface area (Å²) in [5, 5.41) is 4.32. The molecule has 0 radical (unpaired) electrons. The van der Waals surface area contributed by atoms with E-state index in [1.54, 1.807) is 4.68 Å². The van der Waals surface area contributed by atoms with Crippen molar-refractivity contribution in [3.63, 3.8) is 0 Å². The van der Waals surface area contributed by atoms with Crippen molar-refractivity contribution < 1.29 is 0 Å². The highest BCUT2D eigenvalue weighted by Crippen LogP contribution is 2.17. The maximum Gasteiger partial charge on any atom is 0.127 e. The van der Waals surface area contributed by atoms with Crippen molar-refractivity contribution in [2.24, 2.45) is 0 Å². The highest BCUT2D eigenvalue weighted by atomic mass is 15.3. The van der Waals surface area contributed by atoms with E-state index in [0.29, 0.717) is 5.82 Å². The Morgan fingerprint density at radius 2 is 1.94 bits per heavy atom. The van der Waals surface area contributed by atoms with Crippen LogP contribution in [-0.2, 0) is 0 Å². The fourth-order valence-corrected chi connectivity index (χ4v) is 1.61. The molecular formula is C13H15N3. The Morgan fingerprint density at radius 3 is 2.38 bits per heavy atom. The van der Waals surface area contributed by atoms with Gasteiger partial charge in [-0.05, 0) is 31.5 Å². The lowest BCUT2D eigenvalue weighted by molar-refractivity contribution is 0.872. The van der Waals surface area contributed by atoms with E-state index >= 15 is 0 Å². The first-order valence-electron chi connectivity index (χ1n) is 5.16. The van der Waals surface area contributed by atoms with E-state index in [1.165, 1.54) is 0 Å². The van der Waals surface area contributed by atoms with Crippen LogP contribution < -0.4 is 5.73 Å². The zero-order valence-electron chi connectivity index (χ0n) is 9.57. The van der Waals surface area contributed by atoms with Gasteiger partial charge in [-0.3, -0.25) is 0 Å². The van der Waals surface area contributed by atoms with Crippen molar-refractivity contribution in [2.45, 2.75) is 13.8 Å². The summed E-state index contributed by atoms with van der Waals surface area (Å²) in [4.78, 5) is 0. The van der Waals surface area contributed by atoms with Gasteiger partial charge in [0.25, 0.3) is 0 Å². The Balaban J connectivity index is 2.42. The molecule has 1 aromatic heterocycles. The number of aryl methyl sites for hydroxylation is 1. The number of nitrogens with two attached hydrogens (primary N) is 1. The number of aromatic nitrogens is 2. The SMILES string of the molecule is C=C(C)c1ccc(-n2nc(C)cc2N)cc1. The molecule has 1 heterocycles. The van der Waals surface area contributed by atoms with E-state index in [4.69, 9.17) is 5.73 Å². The smallest absolute Gasteiger partial charge is 0.127 e. The van der Waals surface area contributed by atoms with Crippen LogP contribution in [-0.4, -0.2) is 9.78 Å². The average molecular weight is 213 g/mol. The van der Waals surface area contributed by atoms with Gasteiger partial charge in [0, 0.05) is 6.07 Å². The topological polar surface area (TPSA) is 43.8 Å². The number of nitrogens with zero attached hydrogens (tertiary/aromatic N) is 2. The highest BCUT2D eigenvalue weighted by Gasteiger charge is 2.03. The summed E-state index contributed by atoms with van der Waals surface area (Å²) in [6.07, 6.45) is 0. The van der Waals surface area contributed by atoms with Crippen LogP contribution in [0.25, 0.3) is 11.3 Å². The molecule has 3 heteroatoms. The van der Waals surface area contributed by atoms with Crippen LogP contribution in [0.5, 0.6) is 0 Å². The van der Waals surface area contributed by atoms with Gasteiger partial charge in [-0.1, -0.05) is 24.3 Å². The molecule has 0 atom stereocenters. The third-order valence-electron chi connectivity index (χ3n) is 2.46. The van der Waals surface area contributed by atoms with Crippen molar-refractivity contribution in [2.75, 3.05) is 5.73 Å². The lowest BCUT2D eigenvalue weighted by Gasteiger charge is -2.05. The largest absolute Gasteiger partial charge is 0.384 e. The summed E-state index contributed by atoms with van der Waals surface area (Å²) >= 11 is 0. The maximum atomic E-state index is 5.85. The van der Waals surface area contributed by atoms with E-state index in [0.717, 1.165) is 22.5 Å². The molecule has 0 saturated heterocycles. The van der Waals surface area contributed by atoms with Gasteiger partial charge < -0.3 is 5.73 Å². The van der Waals surface area contributed by atoms with Crippen molar-refractivity contribution >= 4 is 11.4 Å². The zero-order valence-corrected chi connectivity index (χ0v) is 9.57. The van der Waals surface area contributed by atoms with Gasteiger partial charge in [0.05, 0.1) is 11.4 Å². The van der Waals surface area contributed by atoms with Gasteiger partial charge in [-0.2, -0.15) is 5.10 Å². The van der Waals surface area contributed by atoms with Crippen LogP contribution in [0.2, 0.25) is 0 Å². The zero-order chi connectivity index (χ0) is 11.7. The monoisotopic (exact) mass is 213 g/mol. The van der Waals surface area contributed by atoms with Gasteiger partial charge in [0.15, 0.2) is 0 Å². The molecule has 16 heavy (non-hydrogen) atoms. The molecule has 3 nitrogen and oxygen atoms in total. The molecule has 2 rings (SSSR count). The first-order chi connectivity index (χ1) is 7.58. The maximum absolute atomic E-state index is 5.85. The van der Waals surface area contributed by atoms with Crippen molar-refractivity contribution in [3.8, 4) is 5.69 Å². The molecule has 0 saturated carbocycles.